The van der Waals surface area contributed by atoms with Crippen LogP contribution < -0.4 is 5.32 Å². The molecule has 1 atom stereocenters. The molecule has 0 aliphatic rings. The van der Waals surface area contributed by atoms with Gasteiger partial charge in [0.15, 0.2) is 0 Å². The average Bonchev–Trinajstić information content (AvgIpc) is 2.01. The van der Waals surface area contributed by atoms with Crippen molar-refractivity contribution in [1.82, 2.24) is 5.32 Å². The predicted molar refractivity (Wildman–Crippen MR) is 57.1 cm³/mol. The summed E-state index contributed by atoms with van der Waals surface area (Å²) >= 11 is 3.06. The molecule has 0 radical (unpaired) electrons. The number of rotatable bonds is 5. The smallest absolute Gasteiger partial charge is 0.326 e. The highest BCUT2D eigenvalue weighted by atomic mass is 79.9. The minimum absolute atomic E-state index is 0.188. The van der Waals surface area contributed by atoms with E-state index in [9.17, 15) is 9.59 Å². The normalized spacial score (nSPS) is 12.3. The number of carboxylic acid groups (broad SMARTS) is 1. The van der Waals surface area contributed by atoms with Crippen molar-refractivity contribution in [3.63, 3.8) is 0 Å². The van der Waals surface area contributed by atoms with Crippen molar-refractivity contribution < 1.29 is 14.7 Å². The van der Waals surface area contributed by atoms with Gasteiger partial charge in [0.25, 0.3) is 0 Å². The Labute approximate surface area is 91.5 Å². The molecule has 4 nitrogen and oxygen atoms in total. The summed E-state index contributed by atoms with van der Waals surface area (Å²) in [7, 11) is 0. The van der Waals surface area contributed by atoms with Gasteiger partial charge < -0.3 is 10.4 Å². The Hall–Kier alpha value is -0.840. The molecule has 0 aromatic heterocycles. The van der Waals surface area contributed by atoms with E-state index in [4.69, 9.17) is 5.11 Å². The lowest BCUT2D eigenvalue weighted by Gasteiger charge is -2.15. The topological polar surface area (TPSA) is 66.4 Å². The Balaban J connectivity index is 4.31. The third-order valence-corrected chi connectivity index (χ3v) is 1.89. The molecule has 0 heterocycles. The maximum Gasteiger partial charge on any atom is 0.326 e. The second-order valence-corrected chi connectivity index (χ2v) is 4.40. The third kappa shape index (κ3) is 5.01. The molecule has 0 bridgehead atoms. The van der Waals surface area contributed by atoms with Crippen LogP contribution in [-0.4, -0.2) is 23.0 Å². The summed E-state index contributed by atoms with van der Waals surface area (Å²) in [5.41, 5.74) is 0. The number of amides is 1. The van der Waals surface area contributed by atoms with Crippen molar-refractivity contribution in [3.05, 3.63) is 11.1 Å². The monoisotopic (exact) mass is 263 g/mol. The van der Waals surface area contributed by atoms with E-state index in [1.165, 1.54) is 0 Å². The summed E-state index contributed by atoms with van der Waals surface area (Å²) in [5.74, 6) is -1.55. The fraction of sp³-hybridized carbons (Fsp3) is 0.556. The minimum Gasteiger partial charge on any atom is -0.480 e. The first-order valence-corrected chi connectivity index (χ1v) is 5.00. The van der Waals surface area contributed by atoms with Crippen LogP contribution in [0, 0.1) is 5.92 Å². The van der Waals surface area contributed by atoms with Gasteiger partial charge in [-0.3, -0.25) is 4.79 Å². The molecule has 0 unspecified atom stereocenters. The van der Waals surface area contributed by atoms with Gasteiger partial charge in [-0.15, -0.1) is 0 Å². The van der Waals surface area contributed by atoms with E-state index >= 15 is 0 Å². The van der Waals surface area contributed by atoms with E-state index in [2.05, 4.69) is 27.8 Å². The first-order valence-electron chi connectivity index (χ1n) is 4.21. The fourth-order valence-corrected chi connectivity index (χ4v) is 1.08. The van der Waals surface area contributed by atoms with Crippen molar-refractivity contribution in [2.24, 2.45) is 5.92 Å². The zero-order valence-electron chi connectivity index (χ0n) is 8.21. The molecule has 0 fully saturated rings. The third-order valence-electron chi connectivity index (χ3n) is 1.56. The zero-order valence-corrected chi connectivity index (χ0v) is 9.80. The van der Waals surface area contributed by atoms with E-state index in [-0.39, 0.29) is 18.2 Å². The summed E-state index contributed by atoms with van der Waals surface area (Å²) in [5, 5.41) is 11.2. The molecule has 0 aliphatic heterocycles. The van der Waals surface area contributed by atoms with Gasteiger partial charge in [-0.1, -0.05) is 36.4 Å². The van der Waals surface area contributed by atoms with Crippen LogP contribution in [0.2, 0.25) is 0 Å². The SMILES string of the molecule is C=C(Br)C[C@H](NC(=O)C(C)C)C(=O)O. The first-order chi connectivity index (χ1) is 6.34. The van der Waals surface area contributed by atoms with Gasteiger partial charge in [0, 0.05) is 12.3 Å². The van der Waals surface area contributed by atoms with E-state index < -0.39 is 12.0 Å². The number of carbonyl (C=O) groups is 2. The van der Waals surface area contributed by atoms with Crippen LogP contribution in [0.5, 0.6) is 0 Å². The predicted octanol–water partition coefficient (Wildman–Crippen LogP) is 1.51. The first kappa shape index (κ1) is 13.2. The van der Waals surface area contributed by atoms with Gasteiger partial charge in [-0.05, 0) is 4.48 Å². The van der Waals surface area contributed by atoms with Crippen molar-refractivity contribution in [2.45, 2.75) is 26.3 Å². The van der Waals surface area contributed by atoms with E-state index in [0.29, 0.717) is 4.48 Å². The van der Waals surface area contributed by atoms with Crippen LogP contribution in [0.4, 0.5) is 0 Å². The van der Waals surface area contributed by atoms with Crippen LogP contribution >= 0.6 is 15.9 Å². The zero-order chi connectivity index (χ0) is 11.3. The van der Waals surface area contributed by atoms with Crippen molar-refractivity contribution in [2.75, 3.05) is 0 Å². The van der Waals surface area contributed by atoms with Crippen molar-refractivity contribution >= 4 is 27.8 Å². The highest BCUT2D eigenvalue weighted by molar-refractivity contribution is 9.11. The maximum atomic E-state index is 11.2. The molecule has 0 aromatic carbocycles. The molecule has 80 valence electrons. The largest absolute Gasteiger partial charge is 0.480 e. The van der Waals surface area contributed by atoms with Gasteiger partial charge in [0.2, 0.25) is 5.91 Å². The maximum absolute atomic E-state index is 11.2. The summed E-state index contributed by atoms with van der Waals surface area (Å²) in [6, 6.07) is -0.906. The lowest BCUT2D eigenvalue weighted by Crippen LogP contribution is -2.42. The summed E-state index contributed by atoms with van der Waals surface area (Å²) < 4.78 is 0.550. The Morgan fingerprint density at radius 3 is 2.29 bits per heavy atom. The molecule has 0 saturated heterocycles. The molecule has 14 heavy (non-hydrogen) atoms. The van der Waals surface area contributed by atoms with Crippen LogP contribution in [0.25, 0.3) is 0 Å². The second kappa shape index (κ2) is 5.80. The quantitative estimate of drug-likeness (QED) is 0.791. The lowest BCUT2D eigenvalue weighted by molar-refractivity contribution is -0.142. The molecule has 2 N–H and O–H groups in total. The Kier molecular flexibility index (Phi) is 5.45. The number of carbonyl (C=O) groups excluding carboxylic acids is 1. The molecular formula is C9H14BrNO3. The molecule has 0 aromatic rings. The number of nitrogens with one attached hydrogen (secondary N) is 1. The average molecular weight is 264 g/mol. The summed E-state index contributed by atoms with van der Waals surface area (Å²) in [6.45, 7) is 6.94. The Bertz CT molecular complexity index is 250. The highest BCUT2D eigenvalue weighted by Crippen LogP contribution is 2.10. The van der Waals surface area contributed by atoms with Gasteiger partial charge in [-0.25, -0.2) is 4.79 Å². The number of hydrogen-bond donors (Lipinski definition) is 2. The van der Waals surface area contributed by atoms with Crippen LogP contribution in [0.15, 0.2) is 11.1 Å². The number of hydrogen-bond acceptors (Lipinski definition) is 2. The van der Waals surface area contributed by atoms with E-state index in [1.807, 2.05) is 0 Å². The molecule has 5 heteroatoms. The highest BCUT2D eigenvalue weighted by Gasteiger charge is 2.21. The van der Waals surface area contributed by atoms with Crippen LogP contribution in [0.3, 0.4) is 0 Å². The molecule has 0 spiro atoms. The molecular weight excluding hydrogens is 250 g/mol. The number of carboxylic acids is 1. The molecule has 0 saturated carbocycles. The van der Waals surface area contributed by atoms with Crippen LogP contribution in [-0.2, 0) is 9.59 Å². The Morgan fingerprint density at radius 2 is 2.00 bits per heavy atom. The van der Waals surface area contributed by atoms with E-state index in [0.717, 1.165) is 0 Å². The summed E-state index contributed by atoms with van der Waals surface area (Å²) in [4.78, 5) is 21.9. The number of halogens is 1. The van der Waals surface area contributed by atoms with Crippen LogP contribution in [0.1, 0.15) is 20.3 Å². The summed E-state index contributed by atoms with van der Waals surface area (Å²) in [6.07, 6.45) is 0.188. The molecule has 1 amide bonds. The Morgan fingerprint density at radius 1 is 1.50 bits per heavy atom. The molecule has 0 aliphatic carbocycles. The van der Waals surface area contributed by atoms with Gasteiger partial charge in [0.05, 0.1) is 0 Å². The van der Waals surface area contributed by atoms with Crippen molar-refractivity contribution in [1.29, 1.82) is 0 Å². The fourth-order valence-electron chi connectivity index (χ4n) is 0.760. The van der Waals surface area contributed by atoms with Gasteiger partial charge in [0.1, 0.15) is 6.04 Å². The van der Waals surface area contributed by atoms with Crippen molar-refractivity contribution in [3.8, 4) is 0 Å². The number of aliphatic carboxylic acids is 1. The van der Waals surface area contributed by atoms with Gasteiger partial charge >= 0.3 is 5.97 Å². The van der Waals surface area contributed by atoms with E-state index in [1.54, 1.807) is 13.8 Å². The lowest BCUT2D eigenvalue weighted by atomic mass is 10.1. The minimum atomic E-state index is -1.06. The second-order valence-electron chi connectivity index (χ2n) is 3.28. The standard InChI is InChI=1S/C9H14BrNO3/c1-5(2)8(12)11-7(9(13)14)4-6(3)10/h5,7H,3-4H2,1-2H3,(H,11,12)(H,13,14)/t7-/m0/s1. The van der Waals surface area contributed by atoms with Gasteiger partial charge in [-0.2, -0.15) is 0 Å². The molecule has 0 rings (SSSR count).